The van der Waals surface area contributed by atoms with Crippen LogP contribution in [0.15, 0.2) is 42.5 Å². The van der Waals surface area contributed by atoms with E-state index in [1.807, 2.05) is 0 Å². The summed E-state index contributed by atoms with van der Waals surface area (Å²) in [4.78, 5) is 37.2. The molecular formula is C19H22O7. The van der Waals surface area contributed by atoms with E-state index in [4.69, 9.17) is 14.2 Å². The second kappa shape index (κ2) is 9.41. The first-order chi connectivity index (χ1) is 12.3. The number of carbonyl (C=O) groups is 3. The molecule has 0 radical (unpaired) electrons. The van der Waals surface area contributed by atoms with Crippen molar-refractivity contribution in [2.75, 3.05) is 20.3 Å². The second-order valence-corrected chi connectivity index (χ2v) is 5.14. The first-order valence-corrected chi connectivity index (χ1v) is 7.92. The van der Waals surface area contributed by atoms with Crippen LogP contribution >= 0.6 is 0 Å². The van der Waals surface area contributed by atoms with E-state index in [-0.39, 0.29) is 41.4 Å². The van der Waals surface area contributed by atoms with E-state index in [1.165, 1.54) is 25.3 Å². The van der Waals surface area contributed by atoms with Gasteiger partial charge in [-0.25, -0.2) is 9.59 Å². The number of hydrogen-bond acceptors (Lipinski definition) is 7. The van der Waals surface area contributed by atoms with Gasteiger partial charge in [0.25, 0.3) is 0 Å². The van der Waals surface area contributed by atoms with Crippen molar-refractivity contribution in [2.45, 2.75) is 13.8 Å². The first kappa shape index (κ1) is 21.0. The van der Waals surface area contributed by atoms with Crippen LogP contribution < -0.4 is 4.74 Å². The van der Waals surface area contributed by atoms with Gasteiger partial charge in [0, 0.05) is 11.1 Å². The number of benzene rings is 1. The fourth-order valence-corrected chi connectivity index (χ4v) is 2.29. The number of aromatic hydroxyl groups is 1. The minimum atomic E-state index is -1.46. The van der Waals surface area contributed by atoms with Crippen molar-refractivity contribution in [1.82, 2.24) is 0 Å². The summed E-state index contributed by atoms with van der Waals surface area (Å²) in [5.41, 5.74) is -0.781. The van der Waals surface area contributed by atoms with Gasteiger partial charge in [0.15, 0.2) is 5.78 Å². The quantitative estimate of drug-likeness (QED) is 0.409. The van der Waals surface area contributed by atoms with Crippen LogP contribution in [0.2, 0.25) is 0 Å². The van der Waals surface area contributed by atoms with Crippen LogP contribution in [0.5, 0.6) is 11.5 Å². The van der Waals surface area contributed by atoms with Gasteiger partial charge in [-0.2, -0.15) is 0 Å². The molecule has 0 amide bonds. The highest BCUT2D eigenvalue weighted by Gasteiger charge is 2.36. The van der Waals surface area contributed by atoms with Gasteiger partial charge in [-0.1, -0.05) is 19.2 Å². The summed E-state index contributed by atoms with van der Waals surface area (Å²) in [6.07, 6.45) is 0. The average Bonchev–Trinajstić information content (AvgIpc) is 2.61. The van der Waals surface area contributed by atoms with Crippen LogP contribution in [0, 0.1) is 5.92 Å². The average molecular weight is 362 g/mol. The Morgan fingerprint density at radius 3 is 1.96 bits per heavy atom. The summed E-state index contributed by atoms with van der Waals surface area (Å²) in [7, 11) is 1.32. The van der Waals surface area contributed by atoms with Crippen LogP contribution in [0.1, 0.15) is 24.2 Å². The molecule has 1 aromatic carbocycles. The minimum Gasteiger partial charge on any atom is -0.507 e. The first-order valence-electron chi connectivity index (χ1n) is 7.92. The zero-order valence-electron chi connectivity index (χ0n) is 15.0. The number of phenols is 1. The molecule has 1 rings (SSSR count). The summed E-state index contributed by atoms with van der Waals surface area (Å²) in [6, 6.07) is 4.23. The van der Waals surface area contributed by atoms with E-state index < -0.39 is 23.6 Å². The predicted octanol–water partition coefficient (Wildman–Crippen LogP) is 2.44. The van der Waals surface area contributed by atoms with E-state index in [0.717, 1.165) is 0 Å². The molecule has 7 heteroatoms. The highest BCUT2D eigenvalue weighted by Crippen LogP contribution is 2.34. The number of esters is 2. The Morgan fingerprint density at radius 1 is 1.04 bits per heavy atom. The van der Waals surface area contributed by atoms with Crippen molar-refractivity contribution < 1.29 is 33.7 Å². The number of hydrogen-bond donors (Lipinski definition) is 1. The molecule has 140 valence electrons. The molecule has 0 unspecified atom stereocenters. The molecule has 0 heterocycles. The van der Waals surface area contributed by atoms with Crippen molar-refractivity contribution in [2.24, 2.45) is 5.92 Å². The van der Waals surface area contributed by atoms with Gasteiger partial charge in [-0.15, -0.1) is 0 Å². The minimum absolute atomic E-state index is 0.0601. The van der Waals surface area contributed by atoms with E-state index in [1.54, 1.807) is 13.8 Å². The maximum atomic E-state index is 13.1. The Labute approximate surface area is 151 Å². The standard InChI is InChI=1S/C19H22O7/c1-6-25-18(22)11(3)15(12(4)19(23)26-7-2)17(21)16-13(20)9-8-10-14(16)24-5/h8-10,15,20H,3-4,6-7H2,1-2,5H3. The summed E-state index contributed by atoms with van der Waals surface area (Å²) >= 11 is 0. The molecule has 1 aromatic rings. The Bertz CT molecular complexity index is 703. The van der Waals surface area contributed by atoms with E-state index >= 15 is 0 Å². The zero-order valence-corrected chi connectivity index (χ0v) is 15.0. The highest BCUT2D eigenvalue weighted by molar-refractivity contribution is 6.13. The topological polar surface area (TPSA) is 99.1 Å². The summed E-state index contributed by atoms with van der Waals surface area (Å²) < 4.78 is 14.8. The zero-order chi connectivity index (χ0) is 19.9. The van der Waals surface area contributed by atoms with Crippen molar-refractivity contribution in [3.8, 4) is 11.5 Å². The Balaban J connectivity index is 3.43. The van der Waals surface area contributed by atoms with Gasteiger partial charge >= 0.3 is 11.9 Å². The molecular weight excluding hydrogens is 340 g/mol. The number of Topliss-reactive ketones (excluding diaryl/α,β-unsaturated/α-hetero) is 1. The van der Waals surface area contributed by atoms with Crippen LogP contribution in [-0.2, 0) is 19.1 Å². The number of rotatable bonds is 9. The lowest BCUT2D eigenvalue weighted by Crippen LogP contribution is -2.28. The lowest BCUT2D eigenvalue weighted by molar-refractivity contribution is -0.139. The third-order valence-electron chi connectivity index (χ3n) is 3.50. The number of ketones is 1. The van der Waals surface area contributed by atoms with Gasteiger partial charge in [-0.3, -0.25) is 4.79 Å². The molecule has 0 saturated heterocycles. The van der Waals surface area contributed by atoms with Gasteiger partial charge in [0.2, 0.25) is 0 Å². The molecule has 26 heavy (non-hydrogen) atoms. The van der Waals surface area contributed by atoms with Crippen molar-refractivity contribution in [1.29, 1.82) is 0 Å². The number of ether oxygens (including phenoxy) is 3. The molecule has 0 aromatic heterocycles. The normalized spacial score (nSPS) is 10.2. The lowest BCUT2D eigenvalue weighted by atomic mass is 9.84. The van der Waals surface area contributed by atoms with Gasteiger partial charge in [0.1, 0.15) is 17.1 Å². The molecule has 0 spiro atoms. The maximum absolute atomic E-state index is 13.1. The van der Waals surface area contributed by atoms with Gasteiger partial charge in [-0.05, 0) is 26.0 Å². The maximum Gasteiger partial charge on any atom is 0.334 e. The van der Waals surface area contributed by atoms with Gasteiger partial charge < -0.3 is 19.3 Å². The molecule has 0 saturated carbocycles. The van der Waals surface area contributed by atoms with Crippen molar-refractivity contribution in [3.63, 3.8) is 0 Å². The van der Waals surface area contributed by atoms with E-state index in [2.05, 4.69) is 13.2 Å². The molecule has 0 aliphatic heterocycles. The molecule has 0 atom stereocenters. The molecule has 0 aliphatic carbocycles. The van der Waals surface area contributed by atoms with Crippen LogP contribution in [0.25, 0.3) is 0 Å². The number of methoxy groups -OCH3 is 1. The smallest absolute Gasteiger partial charge is 0.334 e. The summed E-state index contributed by atoms with van der Waals surface area (Å²) in [5, 5.41) is 10.1. The molecule has 0 aliphatic rings. The molecule has 1 N–H and O–H groups in total. The van der Waals surface area contributed by atoms with Gasteiger partial charge in [0.05, 0.1) is 26.2 Å². The highest BCUT2D eigenvalue weighted by atomic mass is 16.5. The Morgan fingerprint density at radius 2 is 1.54 bits per heavy atom. The Hall–Kier alpha value is -3.09. The third-order valence-corrected chi connectivity index (χ3v) is 3.50. The van der Waals surface area contributed by atoms with E-state index in [0.29, 0.717) is 0 Å². The molecule has 0 bridgehead atoms. The third kappa shape index (κ3) is 4.50. The van der Waals surface area contributed by atoms with E-state index in [9.17, 15) is 19.5 Å². The summed E-state index contributed by atoms with van der Waals surface area (Å²) in [6.45, 7) is 10.5. The van der Waals surface area contributed by atoms with Crippen molar-refractivity contribution in [3.05, 3.63) is 48.1 Å². The number of carbonyl (C=O) groups excluding carboxylic acids is 3. The lowest BCUT2D eigenvalue weighted by Gasteiger charge is -2.20. The summed E-state index contributed by atoms with van der Waals surface area (Å²) in [5.74, 6) is -4.25. The van der Waals surface area contributed by atoms with Crippen LogP contribution in [0.4, 0.5) is 0 Å². The molecule has 0 fully saturated rings. The fraction of sp³-hybridized carbons (Fsp3) is 0.316. The SMILES string of the molecule is C=C(C(=O)OCC)C(C(=C)C(=O)OCC)C(=O)c1c(O)cccc1OC. The largest absolute Gasteiger partial charge is 0.507 e. The van der Waals surface area contributed by atoms with Crippen LogP contribution in [0.3, 0.4) is 0 Å². The second-order valence-electron chi connectivity index (χ2n) is 5.14. The number of phenolic OH excluding ortho intramolecular Hbond substituents is 1. The molecule has 7 nitrogen and oxygen atoms in total. The fourth-order valence-electron chi connectivity index (χ4n) is 2.29. The van der Waals surface area contributed by atoms with Crippen LogP contribution in [-0.4, -0.2) is 43.2 Å². The van der Waals surface area contributed by atoms with Crippen molar-refractivity contribution >= 4 is 17.7 Å². The monoisotopic (exact) mass is 362 g/mol. The Kier molecular flexibility index (Phi) is 7.58. The predicted molar refractivity (Wildman–Crippen MR) is 94.0 cm³/mol.